The van der Waals surface area contributed by atoms with Gasteiger partial charge in [-0.15, -0.1) is 0 Å². The van der Waals surface area contributed by atoms with E-state index in [1.807, 2.05) is 0 Å². The first-order chi connectivity index (χ1) is 15.7. The number of hydrogen-bond acceptors (Lipinski definition) is 4. The van der Waals surface area contributed by atoms with Crippen LogP contribution in [0.3, 0.4) is 0 Å². The number of methoxy groups -OCH3 is 2. The topological polar surface area (TPSA) is 55.8 Å². The molecule has 0 saturated carbocycles. The van der Waals surface area contributed by atoms with Crippen LogP contribution in [0, 0.1) is 11.6 Å². The van der Waals surface area contributed by atoms with E-state index >= 15 is 0 Å². The fourth-order valence-electron chi connectivity index (χ4n) is 3.38. The predicted octanol–water partition coefficient (Wildman–Crippen LogP) is 5.82. The van der Waals surface area contributed by atoms with Crippen LogP contribution in [0.25, 0.3) is 0 Å². The SMILES string of the molecule is COc1ccc(S(=O)(=O)N(CCBr)c2ccc(Cl)cc2Cc2c(F)cccc2F)cc1OC. The third-order valence-electron chi connectivity index (χ3n) is 4.97. The number of ether oxygens (including phenoxy) is 2. The van der Waals surface area contributed by atoms with E-state index < -0.39 is 21.7 Å². The number of hydrogen-bond donors (Lipinski definition) is 0. The molecule has 0 atom stereocenters. The summed E-state index contributed by atoms with van der Waals surface area (Å²) in [5, 5.41) is 0.628. The molecule has 33 heavy (non-hydrogen) atoms. The second kappa shape index (κ2) is 10.7. The lowest BCUT2D eigenvalue weighted by Gasteiger charge is -2.27. The van der Waals surface area contributed by atoms with Crippen molar-refractivity contribution in [2.75, 3.05) is 30.4 Å². The molecule has 3 rings (SSSR count). The highest BCUT2D eigenvalue weighted by atomic mass is 79.9. The zero-order valence-electron chi connectivity index (χ0n) is 17.8. The Kier molecular flexibility index (Phi) is 8.20. The molecule has 0 aliphatic carbocycles. The molecule has 0 aromatic heterocycles. The normalized spacial score (nSPS) is 11.3. The Morgan fingerprint density at radius 3 is 2.24 bits per heavy atom. The van der Waals surface area contributed by atoms with Crippen molar-refractivity contribution in [3.05, 3.63) is 82.4 Å². The van der Waals surface area contributed by atoms with E-state index in [0.717, 1.165) is 12.1 Å². The van der Waals surface area contributed by atoms with E-state index in [1.165, 1.54) is 61.0 Å². The summed E-state index contributed by atoms with van der Waals surface area (Å²) in [6.45, 7) is 0.0606. The summed E-state index contributed by atoms with van der Waals surface area (Å²) in [5.74, 6) is -0.820. The second-order valence-electron chi connectivity index (χ2n) is 6.93. The summed E-state index contributed by atoms with van der Waals surface area (Å²) < 4.78 is 67.6. The molecule has 176 valence electrons. The Balaban J connectivity index is 2.14. The summed E-state index contributed by atoms with van der Waals surface area (Å²) in [4.78, 5) is -0.0286. The van der Waals surface area contributed by atoms with Gasteiger partial charge in [0, 0.05) is 34.9 Å². The highest BCUT2D eigenvalue weighted by molar-refractivity contribution is 9.09. The lowest BCUT2D eigenvalue weighted by molar-refractivity contribution is 0.354. The number of nitrogens with zero attached hydrogens (tertiary/aromatic N) is 1. The van der Waals surface area contributed by atoms with Gasteiger partial charge in [0.15, 0.2) is 11.5 Å². The minimum absolute atomic E-state index is 0.0286. The molecule has 3 aromatic carbocycles. The van der Waals surface area contributed by atoms with Crippen molar-refractivity contribution < 1.29 is 26.7 Å². The quantitative estimate of drug-likeness (QED) is 0.310. The monoisotopic (exact) mass is 559 g/mol. The number of rotatable bonds is 9. The Morgan fingerprint density at radius 2 is 1.64 bits per heavy atom. The van der Waals surface area contributed by atoms with E-state index in [2.05, 4.69) is 15.9 Å². The fourth-order valence-corrected chi connectivity index (χ4v) is 5.69. The molecule has 0 aliphatic heterocycles. The minimum Gasteiger partial charge on any atom is -0.493 e. The van der Waals surface area contributed by atoms with Gasteiger partial charge in [0.1, 0.15) is 11.6 Å². The average Bonchev–Trinajstić information content (AvgIpc) is 2.79. The highest BCUT2D eigenvalue weighted by Gasteiger charge is 2.28. The van der Waals surface area contributed by atoms with E-state index in [-0.39, 0.29) is 34.9 Å². The van der Waals surface area contributed by atoms with E-state index in [1.54, 1.807) is 0 Å². The number of anilines is 1. The third kappa shape index (κ3) is 5.42. The first kappa shape index (κ1) is 25.3. The molecule has 0 saturated heterocycles. The van der Waals surface area contributed by atoms with Crippen LogP contribution in [0.2, 0.25) is 5.02 Å². The van der Waals surface area contributed by atoms with Gasteiger partial charge in [0.05, 0.1) is 24.8 Å². The Bertz CT molecular complexity index is 1240. The van der Waals surface area contributed by atoms with Crippen LogP contribution in [0.4, 0.5) is 14.5 Å². The van der Waals surface area contributed by atoms with Gasteiger partial charge in [-0.05, 0) is 48.0 Å². The number of sulfonamides is 1. The van der Waals surface area contributed by atoms with Gasteiger partial charge in [0.25, 0.3) is 10.0 Å². The molecule has 0 fully saturated rings. The van der Waals surface area contributed by atoms with Crippen molar-refractivity contribution >= 4 is 43.2 Å². The molecule has 3 aromatic rings. The average molecular weight is 561 g/mol. The lowest BCUT2D eigenvalue weighted by Crippen LogP contribution is -2.33. The first-order valence-electron chi connectivity index (χ1n) is 9.75. The zero-order chi connectivity index (χ0) is 24.2. The maximum Gasteiger partial charge on any atom is 0.264 e. The molecule has 10 heteroatoms. The third-order valence-corrected chi connectivity index (χ3v) is 7.37. The van der Waals surface area contributed by atoms with Gasteiger partial charge in [0.2, 0.25) is 0 Å². The summed E-state index contributed by atoms with van der Waals surface area (Å²) >= 11 is 9.45. The molecule has 0 bridgehead atoms. The smallest absolute Gasteiger partial charge is 0.264 e. The largest absolute Gasteiger partial charge is 0.493 e. The van der Waals surface area contributed by atoms with Crippen LogP contribution in [-0.4, -0.2) is 34.5 Å². The van der Waals surface area contributed by atoms with Gasteiger partial charge >= 0.3 is 0 Å². The van der Waals surface area contributed by atoms with E-state index in [0.29, 0.717) is 21.7 Å². The van der Waals surface area contributed by atoms with Crippen molar-refractivity contribution in [3.63, 3.8) is 0 Å². The molecule has 0 aliphatic rings. The molecule has 0 N–H and O–H groups in total. The van der Waals surface area contributed by atoms with Crippen LogP contribution in [0.5, 0.6) is 11.5 Å². The number of benzene rings is 3. The van der Waals surface area contributed by atoms with Crippen LogP contribution in [0.1, 0.15) is 11.1 Å². The van der Waals surface area contributed by atoms with Crippen LogP contribution in [-0.2, 0) is 16.4 Å². The molecule has 0 spiro atoms. The maximum absolute atomic E-state index is 14.3. The van der Waals surface area contributed by atoms with Crippen LogP contribution < -0.4 is 13.8 Å². The zero-order valence-corrected chi connectivity index (χ0v) is 21.0. The van der Waals surface area contributed by atoms with Gasteiger partial charge in [-0.2, -0.15) is 0 Å². The van der Waals surface area contributed by atoms with Gasteiger partial charge < -0.3 is 9.47 Å². The van der Waals surface area contributed by atoms with Crippen molar-refractivity contribution in [1.82, 2.24) is 0 Å². The molecule has 5 nitrogen and oxygen atoms in total. The van der Waals surface area contributed by atoms with Gasteiger partial charge in [-0.3, -0.25) is 4.31 Å². The van der Waals surface area contributed by atoms with Crippen molar-refractivity contribution in [3.8, 4) is 11.5 Å². The van der Waals surface area contributed by atoms with Gasteiger partial charge in [-0.25, -0.2) is 17.2 Å². The van der Waals surface area contributed by atoms with Crippen molar-refractivity contribution in [2.24, 2.45) is 0 Å². The number of alkyl halides is 1. The molecular formula is C23H21BrClF2NO4S. The van der Waals surface area contributed by atoms with Gasteiger partial charge in [-0.1, -0.05) is 33.6 Å². The lowest BCUT2D eigenvalue weighted by atomic mass is 10.0. The maximum atomic E-state index is 14.3. The minimum atomic E-state index is -4.08. The second-order valence-corrected chi connectivity index (χ2v) is 10.0. The summed E-state index contributed by atoms with van der Waals surface area (Å²) in [6.07, 6.45) is -0.186. The molecular weight excluding hydrogens is 540 g/mol. The van der Waals surface area contributed by atoms with E-state index in [4.69, 9.17) is 21.1 Å². The van der Waals surface area contributed by atoms with E-state index in [9.17, 15) is 17.2 Å². The van der Waals surface area contributed by atoms with Crippen molar-refractivity contribution in [1.29, 1.82) is 0 Å². The summed E-state index contributed by atoms with van der Waals surface area (Å²) in [6, 6.07) is 12.4. The Morgan fingerprint density at radius 1 is 0.970 bits per heavy atom. The van der Waals surface area contributed by atoms with Crippen LogP contribution >= 0.6 is 27.5 Å². The first-order valence-corrected chi connectivity index (χ1v) is 12.7. The fraction of sp³-hybridized carbons (Fsp3) is 0.217. The predicted molar refractivity (Wildman–Crippen MR) is 128 cm³/mol. The van der Waals surface area contributed by atoms with Crippen LogP contribution in [0.15, 0.2) is 59.5 Å². The van der Waals surface area contributed by atoms with Crippen molar-refractivity contribution in [2.45, 2.75) is 11.3 Å². The Hall–Kier alpha value is -2.36. The highest BCUT2D eigenvalue weighted by Crippen LogP contribution is 2.35. The Labute approximate surface area is 205 Å². The molecule has 0 amide bonds. The molecule has 0 unspecified atom stereocenters. The molecule has 0 heterocycles. The number of halogens is 4. The summed E-state index contributed by atoms with van der Waals surface area (Å²) in [7, 11) is -1.23. The molecule has 0 radical (unpaired) electrons. The summed E-state index contributed by atoms with van der Waals surface area (Å²) in [5.41, 5.74) is 0.441. The standard InChI is InChI=1S/C23H21BrClF2NO4S/c1-31-22-9-7-17(14-23(22)32-2)33(29,30)28(11-10-24)21-8-6-16(25)12-15(21)13-18-19(26)4-3-5-20(18)27/h3-9,12,14H,10-11,13H2,1-2H3.